The van der Waals surface area contributed by atoms with Gasteiger partial charge in [0, 0.05) is 44.5 Å². The molecule has 1 saturated heterocycles. The highest BCUT2D eigenvalue weighted by Gasteiger charge is 2.26. The number of thiophene rings is 1. The molecule has 1 fully saturated rings. The normalized spacial score (nSPS) is 18.9. The minimum atomic E-state index is 0.172. The second kappa shape index (κ2) is 5.82. The van der Waals surface area contributed by atoms with E-state index in [0.29, 0.717) is 12.6 Å². The predicted octanol–water partition coefficient (Wildman–Crippen LogP) is 1.22. The maximum atomic E-state index is 11.3. The fraction of sp³-hybridized carbons (Fsp3) is 0.615. The summed E-state index contributed by atoms with van der Waals surface area (Å²) < 4.78 is 0. The van der Waals surface area contributed by atoms with Crippen molar-refractivity contribution in [2.45, 2.75) is 19.9 Å². The van der Waals surface area contributed by atoms with Gasteiger partial charge in [0.1, 0.15) is 0 Å². The van der Waals surface area contributed by atoms with E-state index in [1.54, 1.807) is 18.3 Å². The van der Waals surface area contributed by atoms with Gasteiger partial charge in [0.25, 0.3) is 0 Å². The molecule has 1 unspecified atom stereocenters. The van der Waals surface area contributed by atoms with Crippen LogP contribution >= 0.6 is 11.3 Å². The van der Waals surface area contributed by atoms with Crippen LogP contribution in [-0.2, 0) is 4.79 Å². The molecule has 0 aromatic carbocycles. The zero-order valence-electron chi connectivity index (χ0n) is 11.1. The molecule has 1 atom stereocenters. The molecule has 1 aliphatic rings. The number of piperazine rings is 1. The number of carbonyl (C=O) groups is 1. The topological polar surface area (TPSA) is 49.6 Å². The molecule has 4 nitrogen and oxygen atoms in total. The van der Waals surface area contributed by atoms with E-state index in [0.717, 1.165) is 26.2 Å². The summed E-state index contributed by atoms with van der Waals surface area (Å²) in [6.07, 6.45) is 0. The molecule has 0 spiro atoms. The van der Waals surface area contributed by atoms with Gasteiger partial charge < -0.3 is 10.6 Å². The zero-order valence-corrected chi connectivity index (χ0v) is 11.9. The van der Waals surface area contributed by atoms with Crippen LogP contribution in [-0.4, -0.2) is 48.4 Å². The first-order chi connectivity index (χ1) is 8.63. The van der Waals surface area contributed by atoms with E-state index in [2.05, 4.69) is 23.3 Å². The number of aryl methyl sites for hydroxylation is 1. The van der Waals surface area contributed by atoms with E-state index >= 15 is 0 Å². The molecular formula is C13H21N3OS. The first kappa shape index (κ1) is 13.5. The average Bonchev–Trinajstić information content (AvgIpc) is 2.78. The van der Waals surface area contributed by atoms with Gasteiger partial charge in [0.2, 0.25) is 5.91 Å². The molecule has 100 valence electrons. The summed E-state index contributed by atoms with van der Waals surface area (Å²) in [5.41, 5.74) is 7.27. The quantitative estimate of drug-likeness (QED) is 0.896. The smallest absolute Gasteiger partial charge is 0.219 e. The summed E-state index contributed by atoms with van der Waals surface area (Å²) in [6.45, 7) is 7.88. The van der Waals surface area contributed by atoms with Gasteiger partial charge >= 0.3 is 0 Å². The van der Waals surface area contributed by atoms with E-state index in [9.17, 15) is 4.79 Å². The Bertz CT molecular complexity index is 410. The number of rotatable bonds is 3. The minimum Gasteiger partial charge on any atom is -0.340 e. The van der Waals surface area contributed by atoms with Gasteiger partial charge in [0.15, 0.2) is 0 Å². The number of nitrogens with two attached hydrogens (primary N) is 1. The first-order valence-electron chi connectivity index (χ1n) is 6.37. The standard InChI is InChI=1S/C13H21N3OS/c1-10-3-8-18-13(10)12(9-14)16-6-4-15(5-7-16)11(2)17/h3,8,12H,4-7,9,14H2,1-2H3. The van der Waals surface area contributed by atoms with Crippen molar-refractivity contribution in [2.75, 3.05) is 32.7 Å². The SMILES string of the molecule is CC(=O)N1CCN(C(CN)c2sccc2C)CC1. The summed E-state index contributed by atoms with van der Waals surface area (Å²) in [6, 6.07) is 2.45. The monoisotopic (exact) mass is 267 g/mol. The number of hydrogen-bond donors (Lipinski definition) is 1. The van der Waals surface area contributed by atoms with Crippen LogP contribution in [0.3, 0.4) is 0 Å². The summed E-state index contributed by atoms with van der Waals surface area (Å²) in [4.78, 5) is 17.0. The van der Waals surface area contributed by atoms with Gasteiger partial charge in [-0.25, -0.2) is 0 Å². The molecule has 2 rings (SSSR count). The van der Waals surface area contributed by atoms with E-state index in [1.807, 2.05) is 4.90 Å². The molecular weight excluding hydrogens is 246 g/mol. The van der Waals surface area contributed by atoms with Crippen molar-refractivity contribution in [1.82, 2.24) is 9.80 Å². The van der Waals surface area contributed by atoms with E-state index in [-0.39, 0.29) is 5.91 Å². The predicted molar refractivity (Wildman–Crippen MR) is 74.7 cm³/mol. The molecule has 1 aromatic heterocycles. The highest BCUT2D eigenvalue weighted by Crippen LogP contribution is 2.28. The molecule has 18 heavy (non-hydrogen) atoms. The summed E-state index contributed by atoms with van der Waals surface area (Å²) >= 11 is 1.78. The lowest BCUT2D eigenvalue weighted by Crippen LogP contribution is -2.50. The van der Waals surface area contributed by atoms with Crippen molar-refractivity contribution in [3.63, 3.8) is 0 Å². The Labute approximate surface area is 112 Å². The van der Waals surface area contributed by atoms with Crippen molar-refractivity contribution in [3.05, 3.63) is 21.9 Å². The highest BCUT2D eigenvalue weighted by atomic mass is 32.1. The van der Waals surface area contributed by atoms with Crippen molar-refractivity contribution in [3.8, 4) is 0 Å². The Balaban J connectivity index is 2.03. The minimum absolute atomic E-state index is 0.172. The Morgan fingerprint density at radius 1 is 1.44 bits per heavy atom. The average molecular weight is 267 g/mol. The van der Waals surface area contributed by atoms with Gasteiger partial charge in [0.05, 0.1) is 6.04 Å². The van der Waals surface area contributed by atoms with Crippen molar-refractivity contribution >= 4 is 17.2 Å². The lowest BCUT2D eigenvalue weighted by molar-refractivity contribution is -0.130. The van der Waals surface area contributed by atoms with Crippen molar-refractivity contribution in [2.24, 2.45) is 5.73 Å². The molecule has 0 saturated carbocycles. The van der Waals surface area contributed by atoms with Crippen molar-refractivity contribution in [1.29, 1.82) is 0 Å². The third-order valence-corrected chi connectivity index (χ3v) is 4.75. The Morgan fingerprint density at radius 3 is 2.56 bits per heavy atom. The lowest BCUT2D eigenvalue weighted by atomic mass is 10.1. The number of hydrogen-bond acceptors (Lipinski definition) is 4. The molecule has 0 bridgehead atoms. The first-order valence-corrected chi connectivity index (χ1v) is 7.25. The van der Waals surface area contributed by atoms with E-state index < -0.39 is 0 Å². The largest absolute Gasteiger partial charge is 0.340 e. The molecule has 1 amide bonds. The molecule has 0 radical (unpaired) electrons. The van der Waals surface area contributed by atoms with Gasteiger partial charge in [-0.3, -0.25) is 9.69 Å². The van der Waals surface area contributed by atoms with Gasteiger partial charge in [-0.2, -0.15) is 0 Å². The molecule has 0 aliphatic carbocycles. The molecule has 2 N–H and O–H groups in total. The Hall–Kier alpha value is -0.910. The second-order valence-corrected chi connectivity index (χ2v) is 5.71. The van der Waals surface area contributed by atoms with E-state index in [4.69, 9.17) is 5.73 Å². The van der Waals surface area contributed by atoms with Crippen LogP contribution in [0.15, 0.2) is 11.4 Å². The maximum absolute atomic E-state index is 11.3. The second-order valence-electron chi connectivity index (χ2n) is 4.76. The van der Waals surface area contributed by atoms with Gasteiger partial charge in [-0.1, -0.05) is 0 Å². The molecule has 1 aromatic rings. The highest BCUT2D eigenvalue weighted by molar-refractivity contribution is 7.10. The fourth-order valence-electron chi connectivity index (χ4n) is 2.50. The Kier molecular flexibility index (Phi) is 4.37. The number of amides is 1. The van der Waals surface area contributed by atoms with E-state index in [1.165, 1.54) is 10.4 Å². The van der Waals surface area contributed by atoms with Crippen LogP contribution in [0.2, 0.25) is 0 Å². The molecule has 2 heterocycles. The van der Waals surface area contributed by atoms with Crippen LogP contribution in [0, 0.1) is 6.92 Å². The van der Waals surface area contributed by atoms with Crippen LogP contribution in [0.25, 0.3) is 0 Å². The molecule has 1 aliphatic heterocycles. The van der Waals surface area contributed by atoms with Gasteiger partial charge in [-0.15, -0.1) is 11.3 Å². The van der Waals surface area contributed by atoms with Gasteiger partial charge in [-0.05, 0) is 23.9 Å². The fourth-order valence-corrected chi connectivity index (χ4v) is 3.57. The zero-order chi connectivity index (χ0) is 13.1. The molecule has 5 heteroatoms. The van der Waals surface area contributed by atoms with Crippen LogP contribution in [0.1, 0.15) is 23.4 Å². The number of carbonyl (C=O) groups excluding carboxylic acids is 1. The lowest BCUT2D eigenvalue weighted by Gasteiger charge is -2.38. The summed E-state index contributed by atoms with van der Waals surface area (Å²) in [7, 11) is 0. The van der Waals surface area contributed by atoms with Crippen LogP contribution in [0.5, 0.6) is 0 Å². The third kappa shape index (κ3) is 2.74. The van der Waals surface area contributed by atoms with Crippen LogP contribution in [0.4, 0.5) is 0 Å². The number of nitrogens with zero attached hydrogens (tertiary/aromatic N) is 2. The summed E-state index contributed by atoms with van der Waals surface area (Å²) in [5.74, 6) is 0.172. The van der Waals surface area contributed by atoms with Crippen LogP contribution < -0.4 is 5.73 Å². The Morgan fingerprint density at radius 2 is 2.11 bits per heavy atom. The maximum Gasteiger partial charge on any atom is 0.219 e. The van der Waals surface area contributed by atoms with Crippen molar-refractivity contribution < 1.29 is 4.79 Å². The third-order valence-electron chi connectivity index (χ3n) is 3.63. The summed E-state index contributed by atoms with van der Waals surface area (Å²) in [5, 5.41) is 2.12.